The minimum atomic E-state index is -4.08. The summed E-state index contributed by atoms with van der Waals surface area (Å²) < 4.78 is 28.9. The highest BCUT2D eigenvalue weighted by Gasteiger charge is 2.25. The Morgan fingerprint density at radius 1 is 1.06 bits per heavy atom. The molecule has 0 amide bonds. The maximum Gasteiger partial charge on any atom is 0.261 e. The first-order chi connectivity index (χ1) is 15.5. The Kier molecular flexibility index (Phi) is 5.94. The maximum atomic E-state index is 13.3. The van der Waals surface area contributed by atoms with Gasteiger partial charge in [0.15, 0.2) is 0 Å². The van der Waals surface area contributed by atoms with E-state index in [1.165, 1.54) is 30.6 Å². The zero-order valence-electron chi connectivity index (χ0n) is 18.0. The van der Waals surface area contributed by atoms with Gasteiger partial charge < -0.3 is 4.98 Å². The lowest BCUT2D eigenvalue weighted by molar-refractivity contribution is 0.103. The van der Waals surface area contributed by atoms with E-state index >= 15 is 0 Å². The molecular weight excluding hydrogens is 483 g/mol. The number of aromatic amines is 1. The minimum absolute atomic E-state index is 0.00661. The Morgan fingerprint density at radius 2 is 1.82 bits per heavy atom. The van der Waals surface area contributed by atoms with Crippen molar-refractivity contribution >= 4 is 55.7 Å². The summed E-state index contributed by atoms with van der Waals surface area (Å²) in [7, 11) is -4.08. The van der Waals surface area contributed by atoms with Crippen molar-refractivity contribution in [1.82, 2.24) is 15.0 Å². The first-order valence-electron chi connectivity index (χ1n) is 9.92. The number of hydrogen-bond acceptors (Lipinski definition) is 5. The summed E-state index contributed by atoms with van der Waals surface area (Å²) in [4.78, 5) is 24.6. The molecule has 10 heteroatoms. The molecule has 0 unspecified atom stereocenters. The topological polar surface area (TPSA) is 105 Å². The number of carbonyl (C=O) groups is 1. The van der Waals surface area contributed by atoms with Crippen LogP contribution in [0.15, 0.2) is 59.9 Å². The van der Waals surface area contributed by atoms with Gasteiger partial charge in [-0.05, 0) is 47.4 Å². The molecule has 0 aliphatic carbocycles. The van der Waals surface area contributed by atoms with E-state index in [1.807, 2.05) is 20.8 Å². The molecule has 4 aromatic rings. The molecule has 33 heavy (non-hydrogen) atoms. The van der Waals surface area contributed by atoms with E-state index in [9.17, 15) is 13.2 Å². The largest absolute Gasteiger partial charge is 0.346 e. The van der Waals surface area contributed by atoms with Crippen LogP contribution in [-0.4, -0.2) is 29.2 Å². The molecule has 1 aromatic carbocycles. The van der Waals surface area contributed by atoms with Crippen LogP contribution in [0.5, 0.6) is 0 Å². The number of rotatable bonds is 5. The Hall–Kier alpha value is -2.94. The molecule has 4 rings (SSSR count). The monoisotopic (exact) mass is 502 g/mol. The van der Waals surface area contributed by atoms with E-state index in [2.05, 4.69) is 19.7 Å². The first kappa shape index (κ1) is 23.2. The van der Waals surface area contributed by atoms with Crippen molar-refractivity contribution < 1.29 is 13.2 Å². The summed E-state index contributed by atoms with van der Waals surface area (Å²) in [5.74, 6) is -0.470. The standard InChI is InChI=1S/C23H20Cl2N4O3S/c1-23(2,3)17-11-14(4-5-18(17)25)33(31,32)29-19-10-13(24)12-28-20(19)21(30)15-6-8-26-22-16(15)7-9-27-22/h4-12,29H,1-3H3,(H,26,27). The average molecular weight is 503 g/mol. The molecule has 0 spiro atoms. The summed E-state index contributed by atoms with van der Waals surface area (Å²) in [6, 6.07) is 9.11. The Morgan fingerprint density at radius 3 is 2.55 bits per heavy atom. The smallest absolute Gasteiger partial charge is 0.261 e. The summed E-state index contributed by atoms with van der Waals surface area (Å²) in [6.07, 6.45) is 4.45. The van der Waals surface area contributed by atoms with E-state index in [0.29, 0.717) is 27.2 Å². The van der Waals surface area contributed by atoms with Crippen molar-refractivity contribution in [3.8, 4) is 0 Å². The third kappa shape index (κ3) is 4.59. The van der Waals surface area contributed by atoms with Crippen molar-refractivity contribution in [3.63, 3.8) is 0 Å². The quantitative estimate of drug-likeness (QED) is 0.345. The normalized spacial score (nSPS) is 12.2. The van der Waals surface area contributed by atoms with Crippen LogP contribution in [0.3, 0.4) is 0 Å². The molecule has 0 bridgehead atoms. The summed E-state index contributed by atoms with van der Waals surface area (Å²) in [6.45, 7) is 5.81. The lowest BCUT2D eigenvalue weighted by Gasteiger charge is -2.21. The minimum Gasteiger partial charge on any atom is -0.346 e. The van der Waals surface area contributed by atoms with E-state index in [-0.39, 0.29) is 26.7 Å². The van der Waals surface area contributed by atoms with E-state index < -0.39 is 15.8 Å². The average Bonchev–Trinajstić information content (AvgIpc) is 3.21. The Labute approximate surface area is 201 Å². The molecule has 0 aliphatic rings. The molecule has 0 fully saturated rings. The SMILES string of the molecule is CC(C)(C)c1cc(S(=O)(=O)Nc2cc(Cl)cnc2C(=O)c2ccnc3[nH]ccc23)ccc1Cl. The van der Waals surface area contributed by atoms with Gasteiger partial charge in [-0.2, -0.15) is 0 Å². The van der Waals surface area contributed by atoms with Gasteiger partial charge in [0.2, 0.25) is 5.78 Å². The molecule has 0 aliphatic heterocycles. The van der Waals surface area contributed by atoms with E-state index in [4.69, 9.17) is 23.2 Å². The second kappa shape index (κ2) is 8.44. The number of fused-ring (bicyclic) bond motifs is 1. The fraction of sp³-hybridized carbons (Fsp3) is 0.174. The fourth-order valence-corrected chi connectivity index (χ4v) is 5.08. The molecule has 7 nitrogen and oxygen atoms in total. The zero-order chi connectivity index (χ0) is 24.0. The zero-order valence-corrected chi connectivity index (χ0v) is 20.3. The number of H-pyrrole nitrogens is 1. The van der Waals surface area contributed by atoms with Crippen molar-refractivity contribution in [2.45, 2.75) is 31.1 Å². The van der Waals surface area contributed by atoms with Gasteiger partial charge in [0.05, 0.1) is 15.6 Å². The molecule has 0 atom stereocenters. The third-order valence-electron chi connectivity index (χ3n) is 5.07. The van der Waals surface area contributed by atoms with Crippen molar-refractivity contribution in [2.24, 2.45) is 0 Å². The number of nitrogens with zero attached hydrogens (tertiary/aromatic N) is 2. The number of sulfonamides is 1. The molecule has 3 aromatic heterocycles. The van der Waals surface area contributed by atoms with Crippen LogP contribution < -0.4 is 4.72 Å². The first-order valence-corrected chi connectivity index (χ1v) is 12.2. The molecule has 0 saturated carbocycles. The van der Waals surface area contributed by atoms with Crippen LogP contribution in [0, 0.1) is 0 Å². The van der Waals surface area contributed by atoms with Crippen LogP contribution >= 0.6 is 23.2 Å². The summed E-state index contributed by atoms with van der Waals surface area (Å²) in [5, 5.41) is 1.24. The van der Waals surface area contributed by atoms with Crippen LogP contribution in [0.2, 0.25) is 10.0 Å². The van der Waals surface area contributed by atoms with Gasteiger partial charge in [-0.1, -0.05) is 44.0 Å². The maximum absolute atomic E-state index is 13.3. The van der Waals surface area contributed by atoms with Gasteiger partial charge >= 0.3 is 0 Å². The van der Waals surface area contributed by atoms with Crippen molar-refractivity contribution in [1.29, 1.82) is 0 Å². The van der Waals surface area contributed by atoms with Crippen LogP contribution in [0.25, 0.3) is 11.0 Å². The number of aromatic nitrogens is 3. The van der Waals surface area contributed by atoms with Crippen LogP contribution in [0.4, 0.5) is 5.69 Å². The third-order valence-corrected chi connectivity index (χ3v) is 6.97. The number of benzene rings is 1. The molecule has 170 valence electrons. The fourth-order valence-electron chi connectivity index (χ4n) is 3.43. The van der Waals surface area contributed by atoms with Crippen molar-refractivity contribution in [2.75, 3.05) is 4.72 Å². The predicted octanol–water partition coefficient (Wildman–Crippen LogP) is 5.59. The lowest BCUT2D eigenvalue weighted by Crippen LogP contribution is -2.19. The Bertz CT molecular complexity index is 1490. The highest BCUT2D eigenvalue weighted by Crippen LogP contribution is 2.32. The van der Waals surface area contributed by atoms with E-state index in [0.717, 1.165) is 0 Å². The van der Waals surface area contributed by atoms with Crippen molar-refractivity contribution in [3.05, 3.63) is 81.9 Å². The van der Waals surface area contributed by atoms with Gasteiger partial charge in [-0.25, -0.2) is 18.4 Å². The highest BCUT2D eigenvalue weighted by atomic mass is 35.5. The molecule has 3 heterocycles. The second-order valence-electron chi connectivity index (χ2n) is 8.47. The lowest BCUT2D eigenvalue weighted by atomic mass is 9.87. The number of hydrogen-bond donors (Lipinski definition) is 2. The Balaban J connectivity index is 1.78. The van der Waals surface area contributed by atoms with Gasteiger partial charge in [-0.3, -0.25) is 9.52 Å². The number of anilines is 1. The second-order valence-corrected chi connectivity index (χ2v) is 11.0. The number of nitrogens with one attached hydrogen (secondary N) is 2. The van der Waals surface area contributed by atoms with Gasteiger partial charge in [0, 0.05) is 34.6 Å². The van der Waals surface area contributed by atoms with Crippen LogP contribution in [-0.2, 0) is 15.4 Å². The summed E-state index contributed by atoms with van der Waals surface area (Å²) in [5.41, 5.74) is 1.07. The predicted molar refractivity (Wildman–Crippen MR) is 130 cm³/mol. The molecule has 2 N–H and O–H groups in total. The number of pyridine rings is 2. The van der Waals surface area contributed by atoms with E-state index in [1.54, 1.807) is 24.4 Å². The van der Waals surface area contributed by atoms with Gasteiger partial charge in [0.25, 0.3) is 10.0 Å². The molecule has 0 saturated heterocycles. The number of ketones is 1. The van der Waals surface area contributed by atoms with Gasteiger partial charge in [0.1, 0.15) is 11.3 Å². The highest BCUT2D eigenvalue weighted by molar-refractivity contribution is 7.92. The number of carbonyl (C=O) groups excluding carboxylic acids is 1. The van der Waals surface area contributed by atoms with Gasteiger partial charge in [-0.15, -0.1) is 0 Å². The molecule has 0 radical (unpaired) electrons. The van der Waals surface area contributed by atoms with Crippen LogP contribution in [0.1, 0.15) is 42.4 Å². The number of halogens is 2. The molecular formula is C23H20Cl2N4O3S. The summed E-state index contributed by atoms with van der Waals surface area (Å²) >= 11 is 12.4.